The van der Waals surface area contributed by atoms with E-state index in [1.54, 1.807) is 0 Å². The SMILES string of the molecule is [CH2]S(=O)(=O)c1cnccc1C(F)(F)F. The first-order chi connectivity index (χ1) is 6.23. The van der Waals surface area contributed by atoms with Gasteiger partial charge in [-0.15, -0.1) is 0 Å². The predicted molar refractivity (Wildman–Crippen MR) is 41.8 cm³/mol. The van der Waals surface area contributed by atoms with E-state index in [0.717, 1.165) is 6.20 Å². The molecule has 1 rings (SSSR count). The summed E-state index contributed by atoms with van der Waals surface area (Å²) >= 11 is 0. The fourth-order valence-corrected chi connectivity index (χ4v) is 1.60. The molecule has 0 aliphatic carbocycles. The molecule has 3 nitrogen and oxygen atoms in total. The van der Waals surface area contributed by atoms with Gasteiger partial charge >= 0.3 is 6.18 Å². The van der Waals surface area contributed by atoms with Crippen LogP contribution in [0.15, 0.2) is 23.4 Å². The van der Waals surface area contributed by atoms with Crippen molar-refractivity contribution in [3.05, 3.63) is 30.3 Å². The summed E-state index contributed by atoms with van der Waals surface area (Å²) in [4.78, 5) is 2.40. The maximum atomic E-state index is 12.3. The summed E-state index contributed by atoms with van der Waals surface area (Å²) in [5.74, 6) is 0. The van der Waals surface area contributed by atoms with E-state index >= 15 is 0 Å². The van der Waals surface area contributed by atoms with Crippen LogP contribution in [0.3, 0.4) is 0 Å². The van der Waals surface area contributed by atoms with Crippen molar-refractivity contribution in [1.82, 2.24) is 4.98 Å². The Kier molecular flexibility index (Phi) is 2.53. The zero-order valence-electron chi connectivity index (χ0n) is 6.75. The molecule has 77 valence electrons. The van der Waals surface area contributed by atoms with Gasteiger partial charge in [-0.25, -0.2) is 8.42 Å². The highest BCUT2D eigenvalue weighted by Crippen LogP contribution is 2.33. The molecule has 0 N–H and O–H groups in total. The molecule has 0 aliphatic heterocycles. The molecule has 0 amide bonds. The number of sulfone groups is 1. The maximum Gasteiger partial charge on any atom is 0.417 e. The second kappa shape index (κ2) is 3.23. The highest BCUT2D eigenvalue weighted by atomic mass is 32.2. The fraction of sp³-hybridized carbons (Fsp3) is 0.143. The summed E-state index contributed by atoms with van der Waals surface area (Å²) in [6.45, 7) is 0. The minimum absolute atomic E-state index is 0.595. The zero-order chi connectivity index (χ0) is 11.0. The minimum atomic E-state index is -4.72. The first-order valence-electron chi connectivity index (χ1n) is 3.32. The third kappa shape index (κ3) is 2.22. The lowest BCUT2D eigenvalue weighted by molar-refractivity contribution is -0.139. The number of aromatic nitrogens is 1. The topological polar surface area (TPSA) is 47.0 Å². The van der Waals surface area contributed by atoms with Crippen LogP contribution >= 0.6 is 0 Å². The molecule has 0 aromatic carbocycles. The second-order valence-corrected chi connectivity index (χ2v) is 4.15. The largest absolute Gasteiger partial charge is 0.417 e. The van der Waals surface area contributed by atoms with Gasteiger partial charge in [0.25, 0.3) is 0 Å². The second-order valence-electron chi connectivity index (χ2n) is 2.48. The van der Waals surface area contributed by atoms with E-state index in [1.165, 1.54) is 0 Å². The fourth-order valence-electron chi connectivity index (χ4n) is 0.862. The van der Waals surface area contributed by atoms with E-state index in [9.17, 15) is 21.6 Å². The average Bonchev–Trinajstić information content (AvgIpc) is 2.01. The quantitative estimate of drug-likeness (QED) is 0.728. The van der Waals surface area contributed by atoms with Crippen LogP contribution in [0.5, 0.6) is 0 Å². The minimum Gasteiger partial charge on any atom is -0.263 e. The lowest BCUT2D eigenvalue weighted by Gasteiger charge is -2.09. The third-order valence-electron chi connectivity index (χ3n) is 1.42. The Morgan fingerprint density at radius 3 is 2.29 bits per heavy atom. The molecule has 0 atom stereocenters. The van der Waals surface area contributed by atoms with E-state index in [4.69, 9.17) is 0 Å². The van der Waals surface area contributed by atoms with Gasteiger partial charge in [0, 0.05) is 12.4 Å². The molecule has 0 fully saturated rings. The van der Waals surface area contributed by atoms with Crippen molar-refractivity contribution in [3.8, 4) is 0 Å². The summed E-state index contributed by atoms with van der Waals surface area (Å²) in [6, 6.07) is 0.595. The normalized spacial score (nSPS) is 12.9. The lowest BCUT2D eigenvalue weighted by Crippen LogP contribution is -2.11. The average molecular weight is 224 g/mol. The van der Waals surface area contributed by atoms with Crippen molar-refractivity contribution in [3.63, 3.8) is 0 Å². The Balaban J connectivity index is 3.47. The predicted octanol–water partition coefficient (Wildman–Crippen LogP) is 1.67. The van der Waals surface area contributed by atoms with Gasteiger partial charge in [0.05, 0.1) is 16.7 Å². The van der Waals surface area contributed by atoms with Crippen molar-refractivity contribution in [2.75, 3.05) is 0 Å². The lowest BCUT2D eigenvalue weighted by atomic mass is 10.3. The molecule has 0 saturated carbocycles. The first kappa shape index (κ1) is 11.0. The van der Waals surface area contributed by atoms with Crippen LogP contribution in [0.2, 0.25) is 0 Å². The summed E-state index contributed by atoms with van der Waals surface area (Å²) in [6.07, 6.45) is -0.570. The van der Waals surface area contributed by atoms with E-state index in [2.05, 4.69) is 11.2 Å². The van der Waals surface area contributed by atoms with Crippen molar-refractivity contribution in [1.29, 1.82) is 0 Å². The van der Waals surface area contributed by atoms with E-state index < -0.39 is 26.5 Å². The molecule has 0 saturated heterocycles. The number of halogens is 3. The highest BCUT2D eigenvalue weighted by Gasteiger charge is 2.35. The Bertz CT molecular complexity index is 438. The third-order valence-corrected chi connectivity index (χ3v) is 2.42. The zero-order valence-corrected chi connectivity index (χ0v) is 7.56. The summed E-state index contributed by atoms with van der Waals surface area (Å²) < 4.78 is 58.5. The molecule has 14 heavy (non-hydrogen) atoms. The van der Waals surface area contributed by atoms with Gasteiger partial charge in [-0.05, 0) is 6.07 Å². The van der Waals surface area contributed by atoms with Crippen LogP contribution < -0.4 is 0 Å². The van der Waals surface area contributed by atoms with Crippen molar-refractivity contribution in [2.45, 2.75) is 11.1 Å². The first-order valence-corrected chi connectivity index (χ1v) is 4.97. The van der Waals surface area contributed by atoms with Crippen LogP contribution in [0.1, 0.15) is 5.56 Å². The molecule has 1 heterocycles. The standard InChI is InChI=1S/C7H5F3NO2S/c1-14(12,13)6-4-11-3-2-5(6)7(8,9)10/h2-4H,1H2. The van der Waals surface area contributed by atoms with Crippen LogP contribution in [-0.4, -0.2) is 13.4 Å². The summed E-state index contributed by atoms with van der Waals surface area (Å²) in [5.41, 5.74) is -1.25. The Morgan fingerprint density at radius 2 is 1.93 bits per heavy atom. The Hall–Kier alpha value is -1.11. The highest BCUT2D eigenvalue weighted by molar-refractivity contribution is 7.92. The Morgan fingerprint density at radius 1 is 1.36 bits per heavy atom. The van der Waals surface area contributed by atoms with Crippen LogP contribution in [0.4, 0.5) is 13.2 Å². The molecule has 7 heteroatoms. The van der Waals surface area contributed by atoms with Gasteiger partial charge < -0.3 is 0 Å². The number of hydrogen-bond acceptors (Lipinski definition) is 3. The van der Waals surface area contributed by atoms with Crippen molar-refractivity contribution in [2.24, 2.45) is 0 Å². The van der Waals surface area contributed by atoms with Gasteiger partial charge in [0.15, 0.2) is 9.84 Å². The molecular weight excluding hydrogens is 219 g/mol. The molecule has 0 unspecified atom stereocenters. The number of alkyl halides is 3. The molecule has 0 spiro atoms. The van der Waals surface area contributed by atoms with Crippen LogP contribution in [0.25, 0.3) is 0 Å². The van der Waals surface area contributed by atoms with Gasteiger partial charge in [-0.2, -0.15) is 13.2 Å². The van der Waals surface area contributed by atoms with Crippen molar-refractivity contribution < 1.29 is 21.6 Å². The number of hydrogen-bond donors (Lipinski definition) is 0. The molecule has 0 bridgehead atoms. The molecular formula is C7H5F3NO2S. The van der Waals surface area contributed by atoms with Gasteiger partial charge in [-0.3, -0.25) is 4.98 Å². The van der Waals surface area contributed by atoms with Crippen molar-refractivity contribution >= 4 is 9.84 Å². The molecule has 0 aliphatic rings. The van der Waals surface area contributed by atoms with E-state index in [1.807, 2.05) is 0 Å². The number of pyridine rings is 1. The molecule has 1 aromatic rings. The van der Waals surface area contributed by atoms with Crippen LogP contribution in [-0.2, 0) is 16.0 Å². The van der Waals surface area contributed by atoms with E-state index in [-0.39, 0.29) is 0 Å². The van der Waals surface area contributed by atoms with Gasteiger partial charge in [0.1, 0.15) is 0 Å². The summed E-state index contributed by atoms with van der Waals surface area (Å²) in [7, 11) is -4.15. The molecule has 1 aromatic heterocycles. The summed E-state index contributed by atoms with van der Waals surface area (Å²) in [5, 5.41) is 0. The molecule has 1 radical (unpaired) electrons. The Labute approximate surface area is 78.5 Å². The monoisotopic (exact) mass is 224 g/mol. The van der Waals surface area contributed by atoms with Gasteiger partial charge in [0.2, 0.25) is 0 Å². The smallest absolute Gasteiger partial charge is 0.263 e. The number of rotatable bonds is 1. The van der Waals surface area contributed by atoms with Gasteiger partial charge in [-0.1, -0.05) is 0 Å². The van der Waals surface area contributed by atoms with Crippen LogP contribution in [0, 0.1) is 6.26 Å². The number of nitrogens with zero attached hydrogens (tertiary/aromatic N) is 1. The maximum absolute atomic E-state index is 12.3. The van der Waals surface area contributed by atoms with E-state index in [0.29, 0.717) is 12.3 Å².